The second-order valence-electron chi connectivity index (χ2n) is 4.73. The van der Waals surface area contributed by atoms with Crippen LogP contribution >= 0.6 is 0 Å². The zero-order valence-corrected chi connectivity index (χ0v) is 13.9. The predicted molar refractivity (Wildman–Crippen MR) is 71.4 cm³/mol. The van der Waals surface area contributed by atoms with E-state index in [1.807, 2.05) is 0 Å². The van der Waals surface area contributed by atoms with Gasteiger partial charge in [-0.2, -0.15) is 12.1 Å². The van der Waals surface area contributed by atoms with E-state index in [9.17, 15) is 19.2 Å². The average molecular weight is 353 g/mol. The minimum Gasteiger partial charge on any atom is -0.376 e. The van der Waals surface area contributed by atoms with Crippen LogP contribution in [0, 0.1) is 5.92 Å². The number of rotatable bonds is 2. The summed E-state index contributed by atoms with van der Waals surface area (Å²) in [6, 6.07) is 5.89. The normalized spacial score (nSPS) is 14.0. The maximum Gasteiger partial charge on any atom is 0.171 e. The molecule has 101 valence electrons. The summed E-state index contributed by atoms with van der Waals surface area (Å²) < 4.78 is 0. The molecule has 0 atom stereocenters. The first-order chi connectivity index (χ1) is 9.60. The zero-order valence-electron chi connectivity index (χ0n) is 11.1. The first kappa shape index (κ1) is 15.9. The second-order valence-corrected chi connectivity index (χ2v) is 4.73. The van der Waals surface area contributed by atoms with Gasteiger partial charge in [0.2, 0.25) is 0 Å². The van der Waals surface area contributed by atoms with E-state index in [0.29, 0.717) is 16.5 Å². The van der Waals surface area contributed by atoms with Crippen molar-refractivity contribution in [1.29, 1.82) is 0 Å². The van der Waals surface area contributed by atoms with Crippen molar-refractivity contribution in [1.82, 2.24) is 0 Å². The molecular weight excluding hydrogens is 345 g/mol. The largest absolute Gasteiger partial charge is 0.376 e. The summed E-state index contributed by atoms with van der Waals surface area (Å²) in [4.78, 5) is 46.4. The summed E-state index contributed by atoms with van der Waals surface area (Å²) in [6.45, 7) is 1.55. The van der Waals surface area contributed by atoms with E-state index >= 15 is 0 Å². The van der Waals surface area contributed by atoms with Crippen LogP contribution in [0.2, 0.25) is 0 Å². The molecule has 4 nitrogen and oxygen atoms in total. The Morgan fingerprint density at radius 1 is 0.810 bits per heavy atom. The molecule has 0 fully saturated rings. The Morgan fingerprint density at radius 2 is 1.24 bits per heavy atom. The number of carbonyl (C=O) groups is 2. The van der Waals surface area contributed by atoms with Crippen LogP contribution in [0.4, 0.5) is 0 Å². The van der Waals surface area contributed by atoms with Gasteiger partial charge in [-0.15, -0.1) is 28.6 Å². The van der Waals surface area contributed by atoms with Crippen LogP contribution in [0.3, 0.4) is 0 Å². The van der Waals surface area contributed by atoms with E-state index in [4.69, 9.17) is 0 Å². The van der Waals surface area contributed by atoms with Gasteiger partial charge >= 0.3 is 0 Å². The summed E-state index contributed by atoms with van der Waals surface area (Å²) >= 11 is 0. The Kier molecular flexibility index (Phi) is 4.31. The molecule has 0 aliphatic heterocycles. The van der Waals surface area contributed by atoms with Gasteiger partial charge in [0, 0.05) is 43.8 Å². The van der Waals surface area contributed by atoms with Gasteiger partial charge in [-0.05, 0) is 6.92 Å². The van der Waals surface area contributed by atoms with Crippen LogP contribution in [0.15, 0.2) is 24.3 Å². The molecule has 0 heterocycles. The fourth-order valence-corrected chi connectivity index (χ4v) is 2.66. The number of Topliss-reactive ketones (excluding diaryl/α,β-unsaturated/α-hetero) is 2. The minimum atomic E-state index is -0.747. The maximum atomic E-state index is 12.2. The molecule has 0 saturated carbocycles. The summed E-state index contributed by atoms with van der Waals surface area (Å²) in [5.74, 6) is -1.34. The molecule has 0 bridgehead atoms. The number of benzene rings is 2. The van der Waals surface area contributed by atoms with Gasteiger partial charge in [-0.3, -0.25) is 9.59 Å². The van der Waals surface area contributed by atoms with Gasteiger partial charge in [0.25, 0.3) is 0 Å². The molecule has 0 saturated heterocycles. The Morgan fingerprint density at radius 3 is 1.62 bits per heavy atom. The third-order valence-corrected chi connectivity index (χ3v) is 3.70. The van der Waals surface area contributed by atoms with Crippen LogP contribution in [-0.2, 0) is 42.3 Å². The summed E-state index contributed by atoms with van der Waals surface area (Å²) in [6.07, 6.45) is 3.47. The van der Waals surface area contributed by atoms with Gasteiger partial charge in [0.1, 0.15) is 0 Å². The van der Waals surface area contributed by atoms with Gasteiger partial charge in [-0.1, -0.05) is 5.39 Å². The summed E-state index contributed by atoms with van der Waals surface area (Å²) in [5, 5.41) is 0.637. The van der Waals surface area contributed by atoms with E-state index in [1.54, 1.807) is 19.5 Å². The van der Waals surface area contributed by atoms with E-state index in [1.165, 1.54) is 24.3 Å². The molecule has 0 unspecified atom stereocenters. The maximum absolute atomic E-state index is 12.2. The first-order valence-electron chi connectivity index (χ1n) is 6.04. The molecule has 2 aromatic carbocycles. The van der Waals surface area contributed by atoms with Gasteiger partial charge in [0.15, 0.2) is 11.6 Å². The number of hydrogen-bond acceptors (Lipinski definition) is 4. The predicted octanol–water partition coefficient (Wildman–Crippen LogP) is 1.77. The molecule has 2 aromatic rings. The molecule has 1 aliphatic rings. The fourth-order valence-electron chi connectivity index (χ4n) is 2.66. The molecule has 5 heteroatoms. The van der Waals surface area contributed by atoms with E-state index in [-0.39, 0.29) is 60.8 Å². The number of hydrogen-bond donors (Lipinski definition) is 0. The topological polar surface area (TPSA) is 68.3 Å². The molecule has 0 amide bonds. The first-order valence-corrected chi connectivity index (χ1v) is 6.04. The van der Waals surface area contributed by atoms with Gasteiger partial charge in [0.05, 0.1) is 18.5 Å². The van der Waals surface area contributed by atoms with Crippen molar-refractivity contribution >= 4 is 34.9 Å². The summed E-state index contributed by atoms with van der Waals surface area (Å²) in [7, 11) is 0. The van der Waals surface area contributed by atoms with Gasteiger partial charge < -0.3 is 9.59 Å². The van der Waals surface area contributed by atoms with Crippen LogP contribution in [0.1, 0.15) is 38.8 Å². The molecule has 1 aliphatic carbocycles. The van der Waals surface area contributed by atoms with Crippen LogP contribution in [0.25, 0.3) is 10.8 Å². The summed E-state index contributed by atoms with van der Waals surface area (Å²) in [5.41, 5.74) is 1.02. The smallest absolute Gasteiger partial charge is 0.171 e. The average Bonchev–Trinajstić information content (AvgIpc) is 2.49. The van der Waals surface area contributed by atoms with Crippen molar-refractivity contribution in [2.45, 2.75) is 6.92 Å². The van der Waals surface area contributed by atoms with Gasteiger partial charge in [-0.25, -0.2) is 0 Å². The quantitative estimate of drug-likeness (QED) is 0.610. The van der Waals surface area contributed by atoms with E-state index in [2.05, 4.69) is 0 Å². The molecule has 0 aromatic heterocycles. The standard InChI is InChI=1S/C16H8O4.Y/c1-8-15(19)11-4-2-9(6-17)13-10(7-18)3-5-12(14(11)13)16(8)20;/h2-5,8H,1H3;/q-2;. The third kappa shape index (κ3) is 2.14. The number of carbonyl (C=O) groups excluding carboxylic acids is 4. The van der Waals surface area contributed by atoms with Crippen LogP contribution < -0.4 is 0 Å². The molecular formula is C16H8O4Y-2. The molecule has 3 rings (SSSR count). The SMILES string of the molecule is CC1C(=O)c2ccc([C-]=O)c3c([C-]=O)ccc(c23)C1=O.[Y]. The Balaban J connectivity index is 0.00000161. The fraction of sp³-hybridized carbons (Fsp3) is 0.125. The van der Waals surface area contributed by atoms with Crippen molar-refractivity contribution < 1.29 is 51.9 Å². The third-order valence-electron chi connectivity index (χ3n) is 3.70. The van der Waals surface area contributed by atoms with E-state index in [0.717, 1.165) is 0 Å². The van der Waals surface area contributed by atoms with Crippen molar-refractivity contribution in [2.24, 2.45) is 5.92 Å². The van der Waals surface area contributed by atoms with Crippen LogP contribution in [0.5, 0.6) is 0 Å². The Hall–Kier alpha value is -1.52. The second kappa shape index (κ2) is 5.70. The number of ketones is 2. The Bertz CT molecular complexity index is 745. The monoisotopic (exact) mass is 353 g/mol. The molecule has 1 radical (unpaired) electrons. The Labute approximate surface area is 145 Å². The zero-order chi connectivity index (χ0) is 14.4. The van der Waals surface area contributed by atoms with Crippen LogP contribution in [-0.4, -0.2) is 24.1 Å². The van der Waals surface area contributed by atoms with Crippen molar-refractivity contribution in [3.8, 4) is 0 Å². The van der Waals surface area contributed by atoms with Crippen molar-refractivity contribution in [2.75, 3.05) is 0 Å². The molecule has 0 N–H and O–H groups in total. The van der Waals surface area contributed by atoms with Crippen molar-refractivity contribution in [3.05, 3.63) is 46.5 Å². The minimum absolute atomic E-state index is 0. The van der Waals surface area contributed by atoms with Crippen molar-refractivity contribution in [3.63, 3.8) is 0 Å². The molecule has 0 spiro atoms. The molecule has 21 heavy (non-hydrogen) atoms. The van der Waals surface area contributed by atoms with E-state index < -0.39 is 5.92 Å².